The van der Waals surface area contributed by atoms with Gasteiger partial charge in [-0.05, 0) is 13.3 Å². The third-order valence-corrected chi connectivity index (χ3v) is 2.46. The molecule has 0 saturated carbocycles. The van der Waals surface area contributed by atoms with Crippen LogP contribution in [-0.4, -0.2) is 12.6 Å². The van der Waals surface area contributed by atoms with Crippen molar-refractivity contribution >= 4 is 5.97 Å². The van der Waals surface area contributed by atoms with Gasteiger partial charge in [-0.15, -0.1) is 0 Å². The number of unbranched alkanes of at least 4 members (excludes halogenated alkanes) is 3. The highest BCUT2D eigenvalue weighted by atomic mass is 16.5. The Hall–Kier alpha value is -1.30. The zero-order valence-corrected chi connectivity index (χ0v) is 10.3. The summed E-state index contributed by atoms with van der Waals surface area (Å²) in [7, 11) is 0. The van der Waals surface area contributed by atoms with E-state index in [0.717, 1.165) is 19.3 Å². The van der Waals surface area contributed by atoms with E-state index in [9.17, 15) is 4.79 Å². The Bertz CT molecular complexity index is 266. The van der Waals surface area contributed by atoms with Crippen molar-refractivity contribution in [2.75, 3.05) is 6.61 Å². The van der Waals surface area contributed by atoms with Crippen LogP contribution in [0.5, 0.6) is 0 Å². The van der Waals surface area contributed by atoms with Crippen LogP contribution in [-0.2, 0) is 9.53 Å². The molecule has 0 spiro atoms. The Kier molecular flexibility index (Phi) is 8.24. The van der Waals surface area contributed by atoms with Crippen LogP contribution in [0.15, 0.2) is 12.2 Å². The molecule has 0 aromatic carbocycles. The zero-order valence-electron chi connectivity index (χ0n) is 10.3. The standard InChI is InChI=1S/C13H21NO2/c1-4-6-7-8-9-12(10-14)11(3)13(15)16-5-2/h12H,3-9H2,1-2H3. The van der Waals surface area contributed by atoms with Crippen LogP contribution in [0.2, 0.25) is 0 Å². The van der Waals surface area contributed by atoms with Crippen LogP contribution >= 0.6 is 0 Å². The molecule has 1 unspecified atom stereocenters. The average molecular weight is 223 g/mol. The predicted octanol–water partition coefficient (Wildman–Crippen LogP) is 3.22. The number of hydrogen-bond acceptors (Lipinski definition) is 3. The second kappa shape index (κ2) is 8.96. The molecule has 0 heterocycles. The smallest absolute Gasteiger partial charge is 0.334 e. The van der Waals surface area contributed by atoms with E-state index in [1.807, 2.05) is 0 Å². The molecule has 0 aromatic rings. The highest BCUT2D eigenvalue weighted by molar-refractivity contribution is 5.88. The number of ether oxygens (including phenoxy) is 1. The fourth-order valence-corrected chi connectivity index (χ4v) is 1.46. The van der Waals surface area contributed by atoms with Gasteiger partial charge in [-0.2, -0.15) is 5.26 Å². The molecule has 0 aromatic heterocycles. The highest BCUT2D eigenvalue weighted by Crippen LogP contribution is 2.18. The molecular weight excluding hydrogens is 202 g/mol. The maximum Gasteiger partial charge on any atom is 0.334 e. The number of rotatable bonds is 8. The van der Waals surface area contributed by atoms with Crippen molar-refractivity contribution in [2.24, 2.45) is 5.92 Å². The molecule has 0 N–H and O–H groups in total. The van der Waals surface area contributed by atoms with Gasteiger partial charge in [0, 0.05) is 5.57 Å². The van der Waals surface area contributed by atoms with Crippen molar-refractivity contribution < 1.29 is 9.53 Å². The second-order valence-electron chi connectivity index (χ2n) is 3.78. The molecule has 0 aliphatic rings. The molecule has 90 valence electrons. The van der Waals surface area contributed by atoms with Crippen molar-refractivity contribution in [3.63, 3.8) is 0 Å². The second-order valence-corrected chi connectivity index (χ2v) is 3.78. The van der Waals surface area contributed by atoms with E-state index in [1.54, 1.807) is 6.92 Å². The van der Waals surface area contributed by atoms with Gasteiger partial charge in [-0.25, -0.2) is 4.79 Å². The minimum Gasteiger partial charge on any atom is -0.463 e. The molecule has 0 aliphatic heterocycles. The number of hydrogen-bond donors (Lipinski definition) is 0. The molecule has 1 atom stereocenters. The molecule has 0 rings (SSSR count). The molecule has 0 amide bonds. The van der Waals surface area contributed by atoms with Crippen molar-refractivity contribution in [1.82, 2.24) is 0 Å². The van der Waals surface area contributed by atoms with Gasteiger partial charge in [0.05, 0.1) is 18.6 Å². The highest BCUT2D eigenvalue weighted by Gasteiger charge is 2.19. The number of esters is 1. The maximum atomic E-state index is 11.4. The first-order valence-corrected chi connectivity index (χ1v) is 5.92. The van der Waals surface area contributed by atoms with Crippen LogP contribution in [0.1, 0.15) is 46.0 Å². The lowest BCUT2D eigenvalue weighted by Gasteiger charge is -2.10. The van der Waals surface area contributed by atoms with Gasteiger partial charge in [0.2, 0.25) is 0 Å². The topological polar surface area (TPSA) is 50.1 Å². The van der Waals surface area contributed by atoms with E-state index < -0.39 is 11.9 Å². The van der Waals surface area contributed by atoms with E-state index in [2.05, 4.69) is 19.6 Å². The Balaban J connectivity index is 4.03. The summed E-state index contributed by atoms with van der Waals surface area (Å²) in [6, 6.07) is 2.12. The molecule has 16 heavy (non-hydrogen) atoms. The summed E-state index contributed by atoms with van der Waals surface area (Å²) in [5, 5.41) is 8.95. The first-order valence-electron chi connectivity index (χ1n) is 5.92. The SMILES string of the molecule is C=C(C(=O)OCC)C(C#N)CCCCCC. The van der Waals surface area contributed by atoms with Crippen LogP contribution in [0.3, 0.4) is 0 Å². The Morgan fingerprint density at radius 3 is 2.56 bits per heavy atom. The van der Waals surface area contributed by atoms with E-state index in [0.29, 0.717) is 18.6 Å². The minimum absolute atomic E-state index is 0.292. The van der Waals surface area contributed by atoms with Crippen LogP contribution < -0.4 is 0 Å². The van der Waals surface area contributed by atoms with Gasteiger partial charge in [-0.1, -0.05) is 39.2 Å². The van der Waals surface area contributed by atoms with Gasteiger partial charge in [0.15, 0.2) is 0 Å². The summed E-state index contributed by atoms with van der Waals surface area (Å²) < 4.78 is 4.82. The number of carbonyl (C=O) groups excluding carboxylic acids is 1. The fraction of sp³-hybridized carbons (Fsp3) is 0.692. The summed E-state index contributed by atoms with van der Waals surface area (Å²) in [5.74, 6) is -0.833. The van der Waals surface area contributed by atoms with E-state index in [1.165, 1.54) is 6.42 Å². The lowest BCUT2D eigenvalue weighted by molar-refractivity contribution is -0.138. The third-order valence-electron chi connectivity index (χ3n) is 2.46. The predicted molar refractivity (Wildman–Crippen MR) is 63.6 cm³/mol. The summed E-state index contributed by atoms with van der Waals surface area (Å²) in [6.07, 6.45) is 5.10. The molecule has 0 radical (unpaired) electrons. The quantitative estimate of drug-likeness (QED) is 0.360. The van der Waals surface area contributed by atoms with Gasteiger partial charge in [0.25, 0.3) is 0 Å². The zero-order chi connectivity index (χ0) is 12.4. The average Bonchev–Trinajstić information content (AvgIpc) is 2.29. The van der Waals surface area contributed by atoms with Crippen LogP contribution in [0.25, 0.3) is 0 Å². The molecule has 0 saturated heterocycles. The van der Waals surface area contributed by atoms with Gasteiger partial charge >= 0.3 is 5.97 Å². The van der Waals surface area contributed by atoms with Crippen molar-refractivity contribution in [2.45, 2.75) is 46.0 Å². The Morgan fingerprint density at radius 1 is 1.38 bits per heavy atom. The van der Waals surface area contributed by atoms with E-state index in [4.69, 9.17) is 10.00 Å². The molecule has 3 nitrogen and oxygen atoms in total. The summed E-state index contributed by atoms with van der Waals surface area (Å²) in [4.78, 5) is 11.4. The van der Waals surface area contributed by atoms with Crippen LogP contribution in [0, 0.1) is 17.2 Å². The van der Waals surface area contributed by atoms with Crippen molar-refractivity contribution in [1.29, 1.82) is 5.26 Å². The number of nitrogens with zero attached hydrogens (tertiary/aromatic N) is 1. The molecule has 0 aliphatic carbocycles. The van der Waals surface area contributed by atoms with Gasteiger partial charge in [-0.3, -0.25) is 0 Å². The monoisotopic (exact) mass is 223 g/mol. The fourth-order valence-electron chi connectivity index (χ4n) is 1.46. The molecule has 3 heteroatoms. The Labute approximate surface area is 98.1 Å². The number of nitriles is 1. The third kappa shape index (κ3) is 5.55. The number of carbonyl (C=O) groups is 1. The normalized spacial score (nSPS) is 11.6. The lowest BCUT2D eigenvalue weighted by atomic mass is 9.95. The van der Waals surface area contributed by atoms with E-state index in [-0.39, 0.29) is 0 Å². The minimum atomic E-state index is -0.440. The summed E-state index contributed by atoms with van der Waals surface area (Å²) in [5.41, 5.74) is 0.292. The summed E-state index contributed by atoms with van der Waals surface area (Å²) >= 11 is 0. The summed E-state index contributed by atoms with van der Waals surface area (Å²) in [6.45, 7) is 7.85. The maximum absolute atomic E-state index is 11.4. The van der Waals surface area contributed by atoms with Gasteiger partial charge < -0.3 is 4.74 Å². The molecular formula is C13H21NO2. The first kappa shape index (κ1) is 14.7. The van der Waals surface area contributed by atoms with Crippen LogP contribution in [0.4, 0.5) is 0 Å². The Morgan fingerprint density at radius 2 is 2.06 bits per heavy atom. The van der Waals surface area contributed by atoms with Crippen molar-refractivity contribution in [3.8, 4) is 6.07 Å². The largest absolute Gasteiger partial charge is 0.463 e. The van der Waals surface area contributed by atoms with E-state index >= 15 is 0 Å². The first-order chi connectivity index (χ1) is 7.67. The molecule has 0 fully saturated rings. The molecule has 0 bridgehead atoms. The van der Waals surface area contributed by atoms with Gasteiger partial charge in [0.1, 0.15) is 0 Å². The lowest BCUT2D eigenvalue weighted by Crippen LogP contribution is -2.14. The van der Waals surface area contributed by atoms with Crippen molar-refractivity contribution in [3.05, 3.63) is 12.2 Å².